The van der Waals surface area contributed by atoms with Crippen LogP contribution in [0.15, 0.2) is 24.3 Å². The molecule has 24 heavy (non-hydrogen) atoms. The molecule has 0 saturated carbocycles. The van der Waals surface area contributed by atoms with Crippen LogP contribution in [0.5, 0.6) is 0 Å². The Kier molecular flexibility index (Phi) is 5.26. The number of imide groups is 1. The highest BCUT2D eigenvalue weighted by molar-refractivity contribution is 5.93. The minimum absolute atomic E-state index is 0.0270. The Bertz CT molecular complexity index is 647. The molecular formula is C18H23NO5. The van der Waals surface area contributed by atoms with Crippen LogP contribution in [0, 0.1) is 0 Å². The van der Waals surface area contributed by atoms with Gasteiger partial charge in [0, 0.05) is 13.0 Å². The van der Waals surface area contributed by atoms with Crippen LogP contribution < -0.4 is 0 Å². The minimum atomic E-state index is -0.636. The first-order chi connectivity index (χ1) is 11.2. The highest BCUT2D eigenvalue weighted by Crippen LogP contribution is 2.30. The van der Waals surface area contributed by atoms with Crippen LogP contribution in [0.3, 0.4) is 0 Å². The van der Waals surface area contributed by atoms with E-state index < -0.39 is 17.7 Å². The molecule has 0 aromatic heterocycles. The molecule has 0 spiro atoms. The SMILES string of the molecule is COC(=O)c1cccc(C2CCN(C(=O)OC(C)(C)C)C(=O)C2)c1. The molecule has 0 N–H and O–H groups in total. The summed E-state index contributed by atoms with van der Waals surface area (Å²) in [5, 5.41) is 0. The Morgan fingerprint density at radius 1 is 1.25 bits per heavy atom. The molecule has 1 aromatic rings. The molecule has 1 aliphatic heterocycles. The summed E-state index contributed by atoms with van der Waals surface area (Å²) in [6.07, 6.45) is 0.244. The van der Waals surface area contributed by atoms with Gasteiger partial charge in [-0.2, -0.15) is 0 Å². The van der Waals surface area contributed by atoms with Crippen molar-refractivity contribution >= 4 is 18.0 Å². The van der Waals surface area contributed by atoms with Crippen LogP contribution in [0.1, 0.15) is 55.5 Å². The summed E-state index contributed by atoms with van der Waals surface area (Å²) in [4.78, 5) is 37.2. The molecule has 1 saturated heterocycles. The molecule has 1 aliphatic rings. The number of carbonyl (C=O) groups excluding carboxylic acids is 3. The summed E-state index contributed by atoms with van der Waals surface area (Å²) in [6.45, 7) is 5.60. The number of hydrogen-bond acceptors (Lipinski definition) is 5. The van der Waals surface area contributed by atoms with E-state index in [1.54, 1.807) is 39.0 Å². The van der Waals surface area contributed by atoms with Crippen LogP contribution in [0.2, 0.25) is 0 Å². The Labute approximate surface area is 141 Å². The van der Waals surface area contributed by atoms with Crippen molar-refractivity contribution < 1.29 is 23.9 Å². The molecule has 0 radical (unpaired) electrons. The van der Waals surface area contributed by atoms with Gasteiger partial charge in [0.25, 0.3) is 0 Å². The highest BCUT2D eigenvalue weighted by Gasteiger charge is 2.33. The third kappa shape index (κ3) is 4.34. The number of rotatable bonds is 2. The second kappa shape index (κ2) is 7.03. The van der Waals surface area contributed by atoms with Gasteiger partial charge >= 0.3 is 12.1 Å². The number of ether oxygens (including phenoxy) is 2. The third-order valence-corrected chi connectivity index (χ3v) is 3.82. The van der Waals surface area contributed by atoms with Gasteiger partial charge in [-0.25, -0.2) is 14.5 Å². The second-order valence-electron chi connectivity index (χ2n) is 6.83. The van der Waals surface area contributed by atoms with Crippen molar-refractivity contribution in [1.82, 2.24) is 4.90 Å². The topological polar surface area (TPSA) is 72.9 Å². The van der Waals surface area contributed by atoms with Crippen LogP contribution in [0.25, 0.3) is 0 Å². The Morgan fingerprint density at radius 2 is 1.96 bits per heavy atom. The van der Waals surface area contributed by atoms with Crippen LogP contribution in [0.4, 0.5) is 4.79 Å². The average Bonchev–Trinajstić information content (AvgIpc) is 2.52. The summed E-state index contributed by atoms with van der Waals surface area (Å²) < 4.78 is 9.98. The second-order valence-corrected chi connectivity index (χ2v) is 6.83. The third-order valence-electron chi connectivity index (χ3n) is 3.82. The predicted octanol–water partition coefficient (Wildman–Crippen LogP) is 3.11. The molecule has 6 nitrogen and oxygen atoms in total. The van der Waals surface area contributed by atoms with Crippen molar-refractivity contribution in [3.63, 3.8) is 0 Å². The number of likely N-dealkylation sites (tertiary alicyclic amines) is 1. The van der Waals surface area contributed by atoms with Gasteiger partial charge in [-0.15, -0.1) is 0 Å². The van der Waals surface area contributed by atoms with Gasteiger partial charge in [-0.1, -0.05) is 12.1 Å². The first-order valence-electron chi connectivity index (χ1n) is 7.93. The standard InChI is InChI=1S/C18H23NO5/c1-18(2,3)24-17(22)19-9-8-13(11-15(19)20)12-6-5-7-14(10-12)16(21)23-4/h5-7,10,13H,8-9,11H2,1-4H3. The number of amides is 2. The zero-order valence-electron chi connectivity index (χ0n) is 14.5. The molecule has 1 atom stereocenters. The first-order valence-corrected chi connectivity index (χ1v) is 7.93. The highest BCUT2D eigenvalue weighted by atomic mass is 16.6. The van der Waals surface area contributed by atoms with E-state index in [1.165, 1.54) is 7.11 Å². The molecule has 1 aromatic carbocycles. The molecule has 1 heterocycles. The van der Waals surface area contributed by atoms with E-state index in [9.17, 15) is 14.4 Å². The fourth-order valence-corrected chi connectivity index (χ4v) is 2.66. The number of carbonyl (C=O) groups is 3. The van der Waals surface area contributed by atoms with Crippen molar-refractivity contribution in [2.24, 2.45) is 0 Å². The fraction of sp³-hybridized carbons (Fsp3) is 0.500. The van der Waals surface area contributed by atoms with Gasteiger partial charge in [-0.3, -0.25) is 4.79 Å². The fourth-order valence-electron chi connectivity index (χ4n) is 2.66. The van der Waals surface area contributed by atoms with Gasteiger partial charge in [0.15, 0.2) is 0 Å². The summed E-state index contributed by atoms with van der Waals surface area (Å²) >= 11 is 0. The van der Waals surface area contributed by atoms with Crippen molar-refractivity contribution in [1.29, 1.82) is 0 Å². The Balaban J connectivity index is 2.07. The van der Waals surface area contributed by atoms with Crippen LogP contribution in [-0.2, 0) is 14.3 Å². The monoisotopic (exact) mass is 333 g/mol. The largest absolute Gasteiger partial charge is 0.465 e. The summed E-state index contributed by atoms with van der Waals surface area (Å²) in [7, 11) is 1.33. The lowest BCUT2D eigenvalue weighted by molar-refractivity contribution is -0.132. The first kappa shape index (κ1) is 18.0. The van der Waals surface area contributed by atoms with E-state index in [0.29, 0.717) is 18.5 Å². The van der Waals surface area contributed by atoms with E-state index >= 15 is 0 Å². The minimum Gasteiger partial charge on any atom is -0.465 e. The van der Waals surface area contributed by atoms with Gasteiger partial charge in [0.2, 0.25) is 5.91 Å². The van der Waals surface area contributed by atoms with E-state index in [4.69, 9.17) is 9.47 Å². The van der Waals surface area contributed by atoms with E-state index in [1.807, 2.05) is 6.07 Å². The summed E-state index contributed by atoms with van der Waals surface area (Å²) in [6, 6.07) is 7.07. The molecule has 6 heteroatoms. The average molecular weight is 333 g/mol. The van der Waals surface area contributed by atoms with Crippen molar-refractivity contribution in [3.8, 4) is 0 Å². The Hall–Kier alpha value is -2.37. The number of hydrogen-bond donors (Lipinski definition) is 0. The van der Waals surface area contributed by atoms with Crippen LogP contribution >= 0.6 is 0 Å². The molecule has 1 unspecified atom stereocenters. The zero-order chi connectivity index (χ0) is 17.9. The molecule has 0 bridgehead atoms. The summed E-state index contributed by atoms with van der Waals surface area (Å²) in [5.74, 6) is -0.695. The predicted molar refractivity (Wildman–Crippen MR) is 87.7 cm³/mol. The lowest BCUT2D eigenvalue weighted by Crippen LogP contribution is -2.44. The molecule has 2 amide bonds. The maximum Gasteiger partial charge on any atom is 0.417 e. The smallest absolute Gasteiger partial charge is 0.417 e. The molecule has 130 valence electrons. The normalized spacial score (nSPS) is 18.2. The zero-order valence-corrected chi connectivity index (χ0v) is 14.5. The molecule has 2 rings (SSSR count). The number of esters is 1. The van der Waals surface area contributed by atoms with Gasteiger partial charge < -0.3 is 9.47 Å². The van der Waals surface area contributed by atoms with Crippen molar-refractivity contribution in [2.75, 3.05) is 13.7 Å². The van der Waals surface area contributed by atoms with Crippen molar-refractivity contribution in [2.45, 2.75) is 45.1 Å². The lowest BCUT2D eigenvalue weighted by atomic mass is 9.88. The van der Waals surface area contributed by atoms with Gasteiger partial charge in [0.1, 0.15) is 5.60 Å². The molecule has 1 fully saturated rings. The maximum atomic E-state index is 12.3. The van der Waals surface area contributed by atoms with E-state index in [2.05, 4.69) is 0 Å². The maximum absolute atomic E-state index is 12.3. The van der Waals surface area contributed by atoms with Gasteiger partial charge in [0.05, 0.1) is 12.7 Å². The molecule has 0 aliphatic carbocycles. The van der Waals surface area contributed by atoms with Gasteiger partial charge in [-0.05, 0) is 50.8 Å². The Morgan fingerprint density at radius 3 is 2.54 bits per heavy atom. The van der Waals surface area contributed by atoms with Crippen LogP contribution in [-0.4, -0.2) is 42.1 Å². The number of nitrogens with zero attached hydrogens (tertiary/aromatic N) is 1. The number of benzene rings is 1. The lowest BCUT2D eigenvalue weighted by Gasteiger charge is -2.32. The number of piperidine rings is 1. The van der Waals surface area contributed by atoms with E-state index in [0.717, 1.165) is 10.5 Å². The molecular weight excluding hydrogens is 310 g/mol. The number of methoxy groups -OCH3 is 1. The van der Waals surface area contributed by atoms with Crippen molar-refractivity contribution in [3.05, 3.63) is 35.4 Å². The van der Waals surface area contributed by atoms with E-state index in [-0.39, 0.29) is 18.2 Å². The quantitative estimate of drug-likeness (QED) is 0.778. The summed E-state index contributed by atoms with van der Waals surface area (Å²) in [5.41, 5.74) is 0.718.